The molecule has 0 aromatic carbocycles. The summed E-state index contributed by atoms with van der Waals surface area (Å²) in [5, 5.41) is 11.0. The molecule has 0 saturated carbocycles. The molecule has 1 saturated heterocycles. The van der Waals surface area contributed by atoms with Crippen LogP contribution in [0.15, 0.2) is 0 Å². The van der Waals surface area contributed by atoms with Gasteiger partial charge in [-0.05, 0) is 33.1 Å². The van der Waals surface area contributed by atoms with Crippen molar-refractivity contribution < 1.29 is 24.2 Å². The number of hydrogen-bond acceptors (Lipinski definition) is 4. The van der Waals surface area contributed by atoms with Crippen molar-refractivity contribution in [2.24, 2.45) is 0 Å². The largest absolute Gasteiger partial charge is 0.480 e. The van der Waals surface area contributed by atoms with Crippen LogP contribution >= 0.6 is 0 Å². The Hall–Kier alpha value is -1.14. The highest BCUT2D eigenvalue weighted by atomic mass is 16.5. The van der Waals surface area contributed by atoms with Crippen LogP contribution < -0.4 is 5.32 Å². The summed E-state index contributed by atoms with van der Waals surface area (Å²) in [5.74, 6) is -1.48. The van der Waals surface area contributed by atoms with Crippen molar-refractivity contribution in [3.8, 4) is 0 Å². The molecule has 3 atom stereocenters. The first-order valence-corrected chi connectivity index (χ1v) is 6.27. The van der Waals surface area contributed by atoms with Gasteiger partial charge in [-0.2, -0.15) is 0 Å². The van der Waals surface area contributed by atoms with Crippen LogP contribution in [-0.4, -0.2) is 48.4 Å². The van der Waals surface area contributed by atoms with Gasteiger partial charge in [0.15, 0.2) is 0 Å². The molecule has 1 amide bonds. The molecule has 1 aliphatic rings. The normalized spacial score (nSPS) is 23.1. The first-order valence-electron chi connectivity index (χ1n) is 6.27. The van der Waals surface area contributed by atoms with E-state index in [1.807, 2.05) is 0 Å². The number of carboxylic acid groups (broad SMARTS) is 1. The molecule has 1 aliphatic heterocycles. The summed E-state index contributed by atoms with van der Waals surface area (Å²) in [7, 11) is 0. The van der Waals surface area contributed by atoms with E-state index in [1.165, 1.54) is 6.92 Å². The fourth-order valence-electron chi connectivity index (χ4n) is 1.66. The average Bonchev–Trinajstić information content (AvgIpc) is 2.36. The molecule has 1 fully saturated rings. The molecule has 0 radical (unpaired) electrons. The van der Waals surface area contributed by atoms with Crippen molar-refractivity contribution in [2.75, 3.05) is 13.2 Å². The monoisotopic (exact) mass is 259 g/mol. The summed E-state index contributed by atoms with van der Waals surface area (Å²) < 4.78 is 10.9. The number of carboxylic acids is 1. The third-order valence-electron chi connectivity index (χ3n) is 2.90. The highest BCUT2D eigenvalue weighted by molar-refractivity contribution is 5.85. The Morgan fingerprint density at radius 3 is 2.72 bits per heavy atom. The fraction of sp³-hybridized carbons (Fsp3) is 0.833. The first kappa shape index (κ1) is 14.9. The Morgan fingerprint density at radius 1 is 1.44 bits per heavy atom. The zero-order valence-electron chi connectivity index (χ0n) is 10.8. The van der Waals surface area contributed by atoms with Gasteiger partial charge in [-0.15, -0.1) is 0 Å². The van der Waals surface area contributed by atoms with Crippen LogP contribution in [0.1, 0.15) is 33.1 Å². The predicted octanol–water partition coefficient (Wildman–Crippen LogP) is 0.550. The molecule has 104 valence electrons. The van der Waals surface area contributed by atoms with E-state index in [-0.39, 0.29) is 6.10 Å². The summed E-state index contributed by atoms with van der Waals surface area (Å²) >= 11 is 0. The van der Waals surface area contributed by atoms with E-state index >= 15 is 0 Å². The molecular weight excluding hydrogens is 238 g/mol. The molecule has 2 N–H and O–H groups in total. The maximum Gasteiger partial charge on any atom is 0.325 e. The molecule has 18 heavy (non-hydrogen) atoms. The van der Waals surface area contributed by atoms with Crippen molar-refractivity contribution in [2.45, 2.75) is 51.4 Å². The number of hydrogen-bond donors (Lipinski definition) is 2. The molecule has 3 unspecified atom stereocenters. The predicted molar refractivity (Wildman–Crippen MR) is 64.2 cm³/mol. The molecule has 0 bridgehead atoms. The molecule has 0 aromatic rings. The number of rotatable bonds is 6. The van der Waals surface area contributed by atoms with Crippen LogP contribution in [0, 0.1) is 0 Å². The Kier molecular flexibility index (Phi) is 6.07. The number of carbonyl (C=O) groups excluding carboxylic acids is 1. The minimum atomic E-state index is -1.06. The van der Waals surface area contributed by atoms with Crippen molar-refractivity contribution in [1.29, 1.82) is 0 Å². The van der Waals surface area contributed by atoms with Gasteiger partial charge in [0.2, 0.25) is 5.91 Å². The molecule has 6 heteroatoms. The van der Waals surface area contributed by atoms with Gasteiger partial charge in [0.1, 0.15) is 12.1 Å². The van der Waals surface area contributed by atoms with E-state index in [9.17, 15) is 9.59 Å². The summed E-state index contributed by atoms with van der Waals surface area (Å²) in [5.41, 5.74) is 0. The summed E-state index contributed by atoms with van der Waals surface area (Å²) in [4.78, 5) is 22.2. The highest BCUT2D eigenvalue weighted by Gasteiger charge is 2.21. The minimum absolute atomic E-state index is 0.0471. The number of carbonyl (C=O) groups is 2. The molecule has 1 rings (SSSR count). The van der Waals surface area contributed by atoms with Gasteiger partial charge >= 0.3 is 5.97 Å². The van der Waals surface area contributed by atoms with Gasteiger partial charge in [0.25, 0.3) is 0 Å². The molecule has 1 heterocycles. The average molecular weight is 259 g/mol. The van der Waals surface area contributed by atoms with E-state index in [1.54, 1.807) is 6.92 Å². The maximum atomic E-state index is 11.6. The van der Waals surface area contributed by atoms with Crippen molar-refractivity contribution in [3.05, 3.63) is 0 Å². The van der Waals surface area contributed by atoms with Crippen LogP contribution in [0.5, 0.6) is 0 Å². The smallest absolute Gasteiger partial charge is 0.325 e. The topological polar surface area (TPSA) is 84.9 Å². The quantitative estimate of drug-likeness (QED) is 0.727. The van der Waals surface area contributed by atoms with Crippen LogP contribution in [0.3, 0.4) is 0 Å². The number of ether oxygens (including phenoxy) is 2. The Balaban J connectivity index is 2.24. The number of amides is 1. The molecular formula is C12H21NO5. The lowest BCUT2D eigenvalue weighted by atomic mass is 10.1. The van der Waals surface area contributed by atoms with Crippen LogP contribution in [0.4, 0.5) is 0 Å². The summed E-state index contributed by atoms with van der Waals surface area (Å²) in [6, 6.07) is -0.908. The highest BCUT2D eigenvalue weighted by Crippen LogP contribution is 2.13. The molecule has 6 nitrogen and oxygen atoms in total. The lowest BCUT2D eigenvalue weighted by molar-refractivity contribution is -0.144. The Bertz CT molecular complexity index is 288. The van der Waals surface area contributed by atoms with Crippen LogP contribution in [-0.2, 0) is 19.1 Å². The SMILES string of the molecule is CC(NC(=O)C(C)OCC1CCCCO1)C(=O)O. The lowest BCUT2D eigenvalue weighted by Crippen LogP contribution is -2.44. The lowest BCUT2D eigenvalue weighted by Gasteiger charge is -2.24. The third kappa shape index (κ3) is 5.01. The standard InChI is InChI=1S/C12H21NO5/c1-8(12(15)16)13-11(14)9(2)18-7-10-5-3-4-6-17-10/h8-10H,3-7H2,1-2H3,(H,13,14)(H,15,16). The number of aliphatic carboxylic acids is 1. The second-order valence-corrected chi connectivity index (χ2v) is 4.53. The van der Waals surface area contributed by atoms with E-state index in [2.05, 4.69) is 5.32 Å². The van der Waals surface area contributed by atoms with Crippen molar-refractivity contribution in [3.63, 3.8) is 0 Å². The van der Waals surface area contributed by atoms with E-state index < -0.39 is 24.0 Å². The zero-order valence-corrected chi connectivity index (χ0v) is 10.8. The first-order chi connectivity index (χ1) is 8.50. The van der Waals surface area contributed by atoms with E-state index in [4.69, 9.17) is 14.6 Å². The summed E-state index contributed by atoms with van der Waals surface area (Å²) in [6.07, 6.45) is 2.51. The Labute approximate surface area is 107 Å². The van der Waals surface area contributed by atoms with Gasteiger partial charge < -0.3 is 19.9 Å². The maximum absolute atomic E-state index is 11.6. The Morgan fingerprint density at radius 2 is 2.17 bits per heavy atom. The van der Waals surface area contributed by atoms with Crippen LogP contribution in [0.25, 0.3) is 0 Å². The van der Waals surface area contributed by atoms with Gasteiger partial charge in [-0.1, -0.05) is 0 Å². The fourth-order valence-corrected chi connectivity index (χ4v) is 1.66. The third-order valence-corrected chi connectivity index (χ3v) is 2.90. The van der Waals surface area contributed by atoms with Crippen molar-refractivity contribution >= 4 is 11.9 Å². The van der Waals surface area contributed by atoms with Gasteiger partial charge in [0, 0.05) is 6.61 Å². The van der Waals surface area contributed by atoms with E-state index in [0.29, 0.717) is 6.61 Å². The zero-order chi connectivity index (χ0) is 13.5. The molecule has 0 spiro atoms. The van der Waals surface area contributed by atoms with E-state index in [0.717, 1.165) is 25.9 Å². The second kappa shape index (κ2) is 7.33. The second-order valence-electron chi connectivity index (χ2n) is 4.53. The van der Waals surface area contributed by atoms with Crippen molar-refractivity contribution in [1.82, 2.24) is 5.32 Å². The molecule has 0 aromatic heterocycles. The van der Waals surface area contributed by atoms with Gasteiger partial charge in [0.05, 0.1) is 12.7 Å². The molecule has 0 aliphatic carbocycles. The van der Waals surface area contributed by atoms with Gasteiger partial charge in [-0.25, -0.2) is 0 Å². The van der Waals surface area contributed by atoms with Gasteiger partial charge in [-0.3, -0.25) is 9.59 Å². The number of nitrogens with one attached hydrogen (secondary N) is 1. The van der Waals surface area contributed by atoms with Crippen LogP contribution in [0.2, 0.25) is 0 Å². The minimum Gasteiger partial charge on any atom is -0.480 e. The summed E-state index contributed by atoms with van der Waals surface area (Å²) in [6.45, 7) is 4.13.